The highest BCUT2D eigenvalue weighted by atomic mass is 32.2. The van der Waals surface area contributed by atoms with Crippen LogP contribution in [0, 0.1) is 13.8 Å². The average Bonchev–Trinajstić information content (AvgIpc) is 3.11. The third kappa shape index (κ3) is 5.11. The molecule has 0 aliphatic rings. The molecule has 1 atom stereocenters. The van der Waals surface area contributed by atoms with Gasteiger partial charge in [0.05, 0.1) is 6.42 Å². The number of hydrogen-bond acceptors (Lipinski definition) is 4. The number of hydrogen-bond donors (Lipinski definition) is 2. The molecule has 2 N–H and O–H groups in total. The largest absolute Gasteiger partial charge is 0.425 e. The number of anilines is 1. The van der Waals surface area contributed by atoms with Crippen molar-refractivity contribution in [3.05, 3.63) is 71.8 Å². The lowest BCUT2D eigenvalue weighted by Crippen LogP contribution is -2.46. The van der Waals surface area contributed by atoms with E-state index in [9.17, 15) is 23.1 Å². The van der Waals surface area contributed by atoms with Gasteiger partial charge in [0.2, 0.25) is 11.5 Å². The lowest BCUT2D eigenvalue weighted by Gasteiger charge is -2.29. The van der Waals surface area contributed by atoms with Gasteiger partial charge >= 0.3 is 6.18 Å². The first-order valence-corrected chi connectivity index (χ1v) is 10.2. The molecule has 31 heavy (non-hydrogen) atoms. The zero-order valence-corrected chi connectivity index (χ0v) is 18.0. The second-order valence-corrected chi connectivity index (χ2v) is 8.46. The van der Waals surface area contributed by atoms with Crippen LogP contribution in [0.2, 0.25) is 0 Å². The van der Waals surface area contributed by atoms with Crippen molar-refractivity contribution in [3.63, 3.8) is 0 Å². The fourth-order valence-corrected chi connectivity index (χ4v) is 4.06. The van der Waals surface area contributed by atoms with E-state index in [1.807, 2.05) is 26.0 Å². The van der Waals surface area contributed by atoms with Gasteiger partial charge in [-0.2, -0.15) is 13.2 Å². The summed E-state index contributed by atoms with van der Waals surface area (Å²) in [6.07, 6.45) is -3.87. The molecule has 3 aromatic rings. The molecule has 0 fully saturated rings. The number of carbonyl (C=O) groups is 1. The molecule has 1 heterocycles. The van der Waals surface area contributed by atoms with Crippen molar-refractivity contribution in [1.29, 1.82) is 0 Å². The van der Waals surface area contributed by atoms with Crippen LogP contribution in [0.3, 0.4) is 0 Å². The number of alkyl halides is 3. The zero-order valence-electron chi connectivity index (χ0n) is 17.2. The zero-order chi connectivity index (χ0) is 22.8. The van der Waals surface area contributed by atoms with Gasteiger partial charge in [-0.05, 0) is 55.3 Å². The van der Waals surface area contributed by atoms with Crippen molar-refractivity contribution in [2.24, 2.45) is 7.05 Å². The van der Waals surface area contributed by atoms with Crippen molar-refractivity contribution in [2.75, 3.05) is 5.32 Å². The number of nitrogens with zero attached hydrogens (tertiary/aromatic N) is 2. The van der Waals surface area contributed by atoms with Crippen LogP contribution in [0.1, 0.15) is 23.4 Å². The molecule has 0 aliphatic carbocycles. The van der Waals surface area contributed by atoms with Crippen LogP contribution in [0.15, 0.2) is 64.6 Å². The molecular weight excluding hydrogens is 427 g/mol. The third-order valence-electron chi connectivity index (χ3n) is 4.79. The summed E-state index contributed by atoms with van der Waals surface area (Å²) in [4.78, 5) is 17.9. The maximum Gasteiger partial charge on any atom is 0.425 e. The van der Waals surface area contributed by atoms with Crippen molar-refractivity contribution in [3.8, 4) is 0 Å². The van der Waals surface area contributed by atoms with Gasteiger partial charge in [-0.1, -0.05) is 23.9 Å². The molecular formula is C22H22F3N3O2S. The molecule has 0 aliphatic heterocycles. The van der Waals surface area contributed by atoms with E-state index in [-0.39, 0.29) is 0 Å². The first-order valence-electron chi connectivity index (χ1n) is 9.41. The smallest absolute Gasteiger partial charge is 0.374 e. The van der Waals surface area contributed by atoms with Gasteiger partial charge < -0.3 is 15.0 Å². The number of aliphatic hydroxyl groups is 1. The summed E-state index contributed by atoms with van der Waals surface area (Å²) in [5, 5.41) is 12.7. The molecule has 1 aromatic heterocycles. The van der Waals surface area contributed by atoms with E-state index in [1.54, 1.807) is 36.0 Å². The van der Waals surface area contributed by atoms with E-state index in [4.69, 9.17) is 0 Å². The molecule has 0 saturated heterocycles. The number of amides is 1. The quantitative estimate of drug-likeness (QED) is 0.558. The highest BCUT2D eigenvalue weighted by molar-refractivity contribution is 7.99. The first kappa shape index (κ1) is 22.9. The van der Waals surface area contributed by atoms with Crippen LogP contribution >= 0.6 is 11.8 Å². The van der Waals surface area contributed by atoms with E-state index in [2.05, 4.69) is 16.4 Å². The summed E-state index contributed by atoms with van der Waals surface area (Å²) in [6.45, 7) is 4.02. The SMILES string of the molecule is Cc1ccc(C)c(Sc2ccc(NC(=O)CC(O)(c3nccn3C)C(F)(F)F)cc2)c1. The van der Waals surface area contributed by atoms with Gasteiger partial charge in [0.15, 0.2) is 5.82 Å². The van der Waals surface area contributed by atoms with Crippen molar-refractivity contribution in [2.45, 2.75) is 41.8 Å². The Morgan fingerprint density at radius 1 is 1.16 bits per heavy atom. The number of aryl methyl sites for hydroxylation is 3. The van der Waals surface area contributed by atoms with Crippen LogP contribution in [-0.2, 0) is 17.4 Å². The Bertz CT molecular complexity index is 1080. The van der Waals surface area contributed by atoms with E-state index in [0.717, 1.165) is 31.7 Å². The molecule has 0 saturated carbocycles. The minimum Gasteiger partial charge on any atom is -0.374 e. The highest BCUT2D eigenvalue weighted by Gasteiger charge is 2.58. The number of benzene rings is 2. The number of nitrogens with one attached hydrogen (secondary N) is 1. The number of aromatic nitrogens is 2. The maximum atomic E-state index is 13.6. The van der Waals surface area contributed by atoms with E-state index >= 15 is 0 Å². The van der Waals surface area contributed by atoms with Crippen LogP contribution in [-0.4, -0.2) is 26.7 Å². The molecule has 2 aromatic carbocycles. The summed E-state index contributed by atoms with van der Waals surface area (Å²) in [7, 11) is 1.32. The Morgan fingerprint density at radius 3 is 2.42 bits per heavy atom. The topological polar surface area (TPSA) is 67.2 Å². The van der Waals surface area contributed by atoms with Crippen LogP contribution < -0.4 is 5.32 Å². The molecule has 3 rings (SSSR count). The minimum absolute atomic E-state index is 0.333. The Labute approximate surface area is 182 Å². The molecule has 164 valence electrons. The van der Waals surface area contributed by atoms with Crippen LogP contribution in [0.4, 0.5) is 18.9 Å². The molecule has 0 bridgehead atoms. The highest BCUT2D eigenvalue weighted by Crippen LogP contribution is 2.41. The monoisotopic (exact) mass is 449 g/mol. The van der Waals surface area contributed by atoms with Crippen LogP contribution in [0.5, 0.6) is 0 Å². The molecule has 0 radical (unpaired) electrons. The van der Waals surface area contributed by atoms with E-state index in [0.29, 0.717) is 5.69 Å². The van der Waals surface area contributed by atoms with Crippen molar-refractivity contribution >= 4 is 23.4 Å². The standard InChI is InChI=1S/C22H22F3N3O2S/c1-14-4-5-15(2)18(12-14)31-17-8-6-16(7-9-17)27-19(29)13-21(30,22(23,24)25)20-26-10-11-28(20)3/h4-12,30H,13H2,1-3H3,(H,27,29). The predicted molar refractivity (Wildman–Crippen MR) is 113 cm³/mol. The fraction of sp³-hybridized carbons (Fsp3) is 0.273. The van der Waals surface area contributed by atoms with Crippen LogP contribution in [0.25, 0.3) is 0 Å². The molecule has 1 amide bonds. The summed E-state index contributed by atoms with van der Waals surface area (Å²) in [6, 6.07) is 12.9. The molecule has 5 nitrogen and oxygen atoms in total. The van der Waals surface area contributed by atoms with Gasteiger partial charge in [0, 0.05) is 34.9 Å². The fourth-order valence-electron chi connectivity index (χ4n) is 3.06. The number of imidazole rings is 1. The third-order valence-corrected chi connectivity index (χ3v) is 5.95. The van der Waals surface area contributed by atoms with Crippen molar-refractivity contribution in [1.82, 2.24) is 9.55 Å². The van der Waals surface area contributed by atoms with Gasteiger partial charge in [0.1, 0.15) is 0 Å². The number of halogens is 3. The number of rotatable bonds is 6. The van der Waals surface area contributed by atoms with E-state index in [1.165, 1.54) is 13.2 Å². The number of carbonyl (C=O) groups excluding carboxylic acids is 1. The van der Waals surface area contributed by atoms with Gasteiger partial charge in [-0.25, -0.2) is 4.98 Å². The maximum absolute atomic E-state index is 13.6. The summed E-state index contributed by atoms with van der Waals surface area (Å²) >= 11 is 1.56. The minimum atomic E-state index is -5.07. The first-order chi connectivity index (χ1) is 14.5. The average molecular weight is 449 g/mol. The molecule has 0 spiro atoms. The normalized spacial score (nSPS) is 13.6. The Kier molecular flexibility index (Phi) is 6.47. The lowest BCUT2D eigenvalue weighted by atomic mass is 9.97. The molecule has 9 heteroatoms. The Morgan fingerprint density at radius 2 is 1.84 bits per heavy atom. The van der Waals surface area contributed by atoms with Gasteiger partial charge in [0.25, 0.3) is 0 Å². The van der Waals surface area contributed by atoms with Gasteiger partial charge in [-0.15, -0.1) is 0 Å². The van der Waals surface area contributed by atoms with Gasteiger partial charge in [-0.3, -0.25) is 4.79 Å². The van der Waals surface area contributed by atoms with Crippen molar-refractivity contribution < 1.29 is 23.1 Å². The lowest BCUT2D eigenvalue weighted by molar-refractivity contribution is -0.270. The molecule has 1 unspecified atom stereocenters. The Hall–Kier alpha value is -2.78. The summed E-state index contributed by atoms with van der Waals surface area (Å²) < 4.78 is 41.8. The predicted octanol–water partition coefficient (Wildman–Crippen LogP) is 4.97. The Balaban J connectivity index is 1.71. The second-order valence-electron chi connectivity index (χ2n) is 7.34. The van der Waals surface area contributed by atoms with E-state index < -0.39 is 29.9 Å². The second kappa shape index (κ2) is 8.76. The summed E-state index contributed by atoms with van der Waals surface area (Å²) in [5.41, 5.74) is -0.788. The summed E-state index contributed by atoms with van der Waals surface area (Å²) in [5.74, 6) is -1.62.